The number of imidazole rings is 1. The Morgan fingerprint density at radius 1 is 1.20 bits per heavy atom. The smallest absolute Gasteiger partial charge is 0.170 e. The molecule has 6 heteroatoms. The minimum atomic E-state index is 0.566. The fraction of sp³-hybridized carbons (Fsp3) is 0.263. The molecule has 0 fully saturated rings. The Kier molecular flexibility index (Phi) is 5.25. The summed E-state index contributed by atoms with van der Waals surface area (Å²) < 4.78 is 2.19. The van der Waals surface area contributed by atoms with Gasteiger partial charge in [0.2, 0.25) is 0 Å². The van der Waals surface area contributed by atoms with E-state index in [0.29, 0.717) is 16.7 Å². The molecule has 0 aliphatic heterocycles. The summed E-state index contributed by atoms with van der Waals surface area (Å²) in [5, 5.41) is 7.69. The van der Waals surface area contributed by atoms with E-state index in [1.165, 1.54) is 0 Å². The predicted octanol–water partition coefficient (Wildman–Crippen LogP) is 4.60. The molecule has 0 saturated carbocycles. The first-order chi connectivity index (χ1) is 12.0. The number of nitrogens with zero attached hydrogens (tertiary/aromatic N) is 2. The molecule has 0 unspecified atom stereocenters. The summed E-state index contributed by atoms with van der Waals surface area (Å²) in [5.41, 5.74) is 5.22. The number of hydrogen-bond donors (Lipinski definition) is 2. The molecule has 1 aromatic heterocycles. The van der Waals surface area contributed by atoms with E-state index in [1.54, 1.807) is 0 Å². The van der Waals surface area contributed by atoms with Gasteiger partial charge in [-0.05, 0) is 62.3 Å². The van der Waals surface area contributed by atoms with Crippen LogP contribution in [0.5, 0.6) is 0 Å². The van der Waals surface area contributed by atoms with E-state index in [9.17, 15) is 0 Å². The zero-order valence-corrected chi connectivity index (χ0v) is 16.1. The van der Waals surface area contributed by atoms with Crippen molar-refractivity contribution in [1.29, 1.82) is 0 Å². The minimum absolute atomic E-state index is 0.566. The molecule has 0 saturated heterocycles. The number of rotatable bonds is 4. The van der Waals surface area contributed by atoms with E-state index >= 15 is 0 Å². The topological polar surface area (TPSA) is 41.9 Å². The Labute approximate surface area is 158 Å². The van der Waals surface area contributed by atoms with E-state index in [0.717, 1.165) is 40.2 Å². The third-order valence-electron chi connectivity index (χ3n) is 4.14. The first-order valence-corrected chi connectivity index (χ1v) is 8.98. The molecule has 0 atom stereocenters. The van der Waals surface area contributed by atoms with Gasteiger partial charge in [-0.3, -0.25) is 0 Å². The van der Waals surface area contributed by atoms with Crippen molar-refractivity contribution >= 4 is 45.7 Å². The zero-order chi connectivity index (χ0) is 18.0. The van der Waals surface area contributed by atoms with Crippen LogP contribution in [-0.4, -0.2) is 21.2 Å². The van der Waals surface area contributed by atoms with Crippen LogP contribution in [0.3, 0.4) is 0 Å². The SMILES string of the molecule is Cc1cc(C)c(NC(=S)NCCn2c(C)nc3ccccc32)c(Cl)c1. The van der Waals surface area contributed by atoms with E-state index in [-0.39, 0.29) is 0 Å². The third kappa shape index (κ3) is 3.94. The second-order valence-electron chi connectivity index (χ2n) is 6.12. The molecular weight excluding hydrogens is 352 g/mol. The van der Waals surface area contributed by atoms with Gasteiger partial charge in [-0.15, -0.1) is 0 Å². The third-order valence-corrected chi connectivity index (χ3v) is 4.68. The molecule has 0 spiro atoms. The number of fused-ring (bicyclic) bond motifs is 1. The van der Waals surface area contributed by atoms with Crippen molar-refractivity contribution in [3.63, 3.8) is 0 Å². The maximum atomic E-state index is 6.32. The summed E-state index contributed by atoms with van der Waals surface area (Å²) in [5.74, 6) is 0.999. The fourth-order valence-corrected chi connectivity index (χ4v) is 3.56. The van der Waals surface area contributed by atoms with Crippen LogP contribution >= 0.6 is 23.8 Å². The summed E-state index contributed by atoms with van der Waals surface area (Å²) in [6.45, 7) is 7.55. The molecule has 0 radical (unpaired) electrons. The minimum Gasteiger partial charge on any atom is -0.361 e. The number of nitrogens with one attached hydrogen (secondary N) is 2. The molecule has 4 nitrogen and oxygen atoms in total. The molecule has 2 aromatic carbocycles. The Bertz CT molecular complexity index is 909. The van der Waals surface area contributed by atoms with E-state index in [1.807, 2.05) is 45.0 Å². The summed E-state index contributed by atoms with van der Waals surface area (Å²) in [6, 6.07) is 12.2. The highest BCUT2D eigenvalue weighted by Crippen LogP contribution is 2.27. The maximum Gasteiger partial charge on any atom is 0.170 e. The number of aromatic nitrogens is 2. The number of thiocarbonyl (C=S) groups is 1. The molecule has 2 N–H and O–H groups in total. The molecule has 25 heavy (non-hydrogen) atoms. The normalized spacial score (nSPS) is 10.9. The quantitative estimate of drug-likeness (QED) is 0.657. The van der Waals surface area contributed by atoms with Crippen molar-refractivity contribution in [2.75, 3.05) is 11.9 Å². The summed E-state index contributed by atoms with van der Waals surface area (Å²) in [4.78, 5) is 4.58. The highest BCUT2D eigenvalue weighted by Gasteiger charge is 2.09. The van der Waals surface area contributed by atoms with E-state index in [2.05, 4.69) is 32.3 Å². The maximum absolute atomic E-state index is 6.32. The Morgan fingerprint density at radius 3 is 2.72 bits per heavy atom. The van der Waals surface area contributed by atoms with Crippen molar-refractivity contribution in [3.05, 3.63) is 58.4 Å². The summed E-state index contributed by atoms with van der Waals surface area (Å²) >= 11 is 11.7. The Balaban J connectivity index is 1.62. The fourth-order valence-electron chi connectivity index (χ4n) is 2.99. The van der Waals surface area contributed by atoms with Crippen LogP contribution in [0, 0.1) is 20.8 Å². The molecule has 0 bridgehead atoms. The van der Waals surface area contributed by atoms with Gasteiger partial charge >= 0.3 is 0 Å². The first kappa shape index (κ1) is 17.7. The monoisotopic (exact) mass is 372 g/mol. The molecule has 3 aromatic rings. The average molecular weight is 373 g/mol. The summed E-state index contributed by atoms with van der Waals surface area (Å²) in [7, 11) is 0. The number of hydrogen-bond acceptors (Lipinski definition) is 2. The van der Waals surface area contributed by atoms with Crippen LogP contribution in [0.15, 0.2) is 36.4 Å². The van der Waals surface area contributed by atoms with Gasteiger partial charge in [0.05, 0.1) is 21.7 Å². The highest BCUT2D eigenvalue weighted by atomic mass is 35.5. The van der Waals surface area contributed by atoms with Gasteiger partial charge in [-0.2, -0.15) is 0 Å². The number of anilines is 1. The van der Waals surface area contributed by atoms with Crippen LogP contribution in [0.2, 0.25) is 5.02 Å². The zero-order valence-electron chi connectivity index (χ0n) is 14.6. The molecular formula is C19H21ClN4S. The lowest BCUT2D eigenvalue weighted by Gasteiger charge is -2.15. The first-order valence-electron chi connectivity index (χ1n) is 8.19. The molecule has 0 aliphatic carbocycles. The molecule has 0 aliphatic rings. The van der Waals surface area contributed by atoms with Crippen molar-refractivity contribution in [3.8, 4) is 0 Å². The van der Waals surface area contributed by atoms with Gasteiger partial charge in [0.1, 0.15) is 5.82 Å². The van der Waals surface area contributed by atoms with Gasteiger partial charge in [-0.25, -0.2) is 4.98 Å². The largest absolute Gasteiger partial charge is 0.361 e. The van der Waals surface area contributed by atoms with Crippen LogP contribution in [0.1, 0.15) is 17.0 Å². The number of aryl methyl sites for hydroxylation is 3. The Morgan fingerprint density at radius 2 is 1.96 bits per heavy atom. The van der Waals surface area contributed by atoms with Gasteiger partial charge in [0.15, 0.2) is 5.11 Å². The summed E-state index contributed by atoms with van der Waals surface area (Å²) in [6.07, 6.45) is 0. The van der Waals surface area contributed by atoms with Crippen LogP contribution in [0.25, 0.3) is 11.0 Å². The second-order valence-corrected chi connectivity index (χ2v) is 6.93. The van der Waals surface area contributed by atoms with Crippen LogP contribution in [0.4, 0.5) is 5.69 Å². The average Bonchev–Trinajstić information content (AvgIpc) is 2.87. The lowest BCUT2D eigenvalue weighted by molar-refractivity contribution is 0.673. The highest BCUT2D eigenvalue weighted by molar-refractivity contribution is 7.80. The van der Waals surface area contributed by atoms with Crippen LogP contribution in [-0.2, 0) is 6.54 Å². The standard InChI is InChI=1S/C19H21ClN4S/c1-12-10-13(2)18(15(20)11-12)23-19(25)21-8-9-24-14(3)22-16-6-4-5-7-17(16)24/h4-7,10-11H,8-9H2,1-3H3,(H2,21,23,25). The molecule has 130 valence electrons. The lowest BCUT2D eigenvalue weighted by atomic mass is 10.1. The number of para-hydroxylation sites is 2. The molecule has 3 rings (SSSR count). The van der Waals surface area contributed by atoms with Crippen molar-refractivity contribution < 1.29 is 0 Å². The van der Waals surface area contributed by atoms with Gasteiger partial charge in [-0.1, -0.05) is 29.8 Å². The van der Waals surface area contributed by atoms with E-state index < -0.39 is 0 Å². The second kappa shape index (κ2) is 7.42. The predicted molar refractivity (Wildman–Crippen MR) is 110 cm³/mol. The Hall–Kier alpha value is -2.11. The van der Waals surface area contributed by atoms with Gasteiger partial charge in [0.25, 0.3) is 0 Å². The van der Waals surface area contributed by atoms with Gasteiger partial charge in [0, 0.05) is 13.1 Å². The van der Waals surface area contributed by atoms with Crippen molar-refractivity contribution in [2.45, 2.75) is 27.3 Å². The van der Waals surface area contributed by atoms with E-state index in [4.69, 9.17) is 23.8 Å². The number of benzene rings is 2. The van der Waals surface area contributed by atoms with Gasteiger partial charge < -0.3 is 15.2 Å². The number of halogens is 1. The molecule has 0 amide bonds. The van der Waals surface area contributed by atoms with Crippen molar-refractivity contribution in [1.82, 2.24) is 14.9 Å². The van der Waals surface area contributed by atoms with Crippen molar-refractivity contribution in [2.24, 2.45) is 0 Å². The van der Waals surface area contributed by atoms with Crippen LogP contribution < -0.4 is 10.6 Å². The molecule has 1 heterocycles. The lowest BCUT2D eigenvalue weighted by Crippen LogP contribution is -2.31.